The van der Waals surface area contributed by atoms with Gasteiger partial charge in [-0.3, -0.25) is 4.79 Å². The molecule has 0 radical (unpaired) electrons. The zero-order valence-electron chi connectivity index (χ0n) is 6.69. The van der Waals surface area contributed by atoms with Crippen molar-refractivity contribution in [3.8, 4) is 0 Å². The van der Waals surface area contributed by atoms with Gasteiger partial charge in [-0.15, -0.1) is 11.3 Å². The van der Waals surface area contributed by atoms with Gasteiger partial charge in [-0.1, -0.05) is 6.07 Å². The number of hydrogen-bond acceptors (Lipinski definition) is 3. The van der Waals surface area contributed by atoms with E-state index in [4.69, 9.17) is 5.73 Å². The van der Waals surface area contributed by atoms with E-state index in [9.17, 15) is 4.79 Å². The van der Waals surface area contributed by atoms with Crippen molar-refractivity contribution in [1.29, 1.82) is 0 Å². The third-order valence-electron chi connectivity index (χ3n) is 2.31. The Bertz CT molecular complexity index is 275. The molecule has 2 N–H and O–H groups in total. The number of ketones is 1. The third kappa shape index (κ3) is 1.30. The highest BCUT2D eigenvalue weighted by molar-refractivity contribution is 7.12. The van der Waals surface area contributed by atoms with Gasteiger partial charge >= 0.3 is 0 Å². The van der Waals surface area contributed by atoms with Crippen molar-refractivity contribution in [2.45, 2.75) is 18.9 Å². The second-order valence-corrected chi connectivity index (χ2v) is 4.22. The summed E-state index contributed by atoms with van der Waals surface area (Å²) < 4.78 is 0. The molecule has 1 fully saturated rings. The number of carbonyl (C=O) groups is 1. The van der Waals surface area contributed by atoms with Crippen LogP contribution in [0.2, 0.25) is 0 Å². The van der Waals surface area contributed by atoms with Crippen LogP contribution >= 0.6 is 11.3 Å². The minimum absolute atomic E-state index is 0.207. The summed E-state index contributed by atoms with van der Waals surface area (Å²) in [5.41, 5.74) is 5.61. The van der Waals surface area contributed by atoms with Crippen LogP contribution in [0, 0.1) is 5.92 Å². The van der Waals surface area contributed by atoms with E-state index in [1.807, 2.05) is 17.5 Å². The van der Waals surface area contributed by atoms with Crippen LogP contribution in [0.1, 0.15) is 22.5 Å². The van der Waals surface area contributed by atoms with E-state index in [0.29, 0.717) is 0 Å². The number of carbonyl (C=O) groups excluding carboxylic acids is 1. The summed E-state index contributed by atoms with van der Waals surface area (Å²) in [4.78, 5) is 12.5. The molecule has 0 aliphatic heterocycles. The van der Waals surface area contributed by atoms with Gasteiger partial charge < -0.3 is 5.73 Å². The van der Waals surface area contributed by atoms with Crippen molar-refractivity contribution in [3.05, 3.63) is 22.4 Å². The van der Waals surface area contributed by atoms with Crippen LogP contribution in [0.25, 0.3) is 0 Å². The van der Waals surface area contributed by atoms with Gasteiger partial charge in [-0.25, -0.2) is 0 Å². The molecule has 2 nitrogen and oxygen atoms in total. The summed E-state index contributed by atoms with van der Waals surface area (Å²) >= 11 is 1.52. The molecular weight excluding hydrogens is 170 g/mol. The number of nitrogens with two attached hydrogens (primary N) is 1. The fourth-order valence-electron chi connectivity index (χ4n) is 1.50. The van der Waals surface area contributed by atoms with E-state index < -0.39 is 0 Å². The summed E-state index contributed by atoms with van der Waals surface area (Å²) in [5, 5.41) is 1.94. The van der Waals surface area contributed by atoms with Crippen molar-refractivity contribution in [3.63, 3.8) is 0 Å². The minimum atomic E-state index is 0.207. The van der Waals surface area contributed by atoms with Crippen LogP contribution in [-0.4, -0.2) is 11.8 Å². The van der Waals surface area contributed by atoms with Crippen LogP contribution in [0.3, 0.4) is 0 Å². The zero-order valence-corrected chi connectivity index (χ0v) is 7.51. The van der Waals surface area contributed by atoms with Gasteiger partial charge in [0.2, 0.25) is 0 Å². The van der Waals surface area contributed by atoms with E-state index in [1.165, 1.54) is 11.3 Å². The first-order valence-corrected chi connectivity index (χ1v) is 4.98. The van der Waals surface area contributed by atoms with Gasteiger partial charge in [0.05, 0.1) is 4.88 Å². The Hall–Kier alpha value is -0.670. The number of hydrogen-bond donors (Lipinski definition) is 1. The summed E-state index contributed by atoms with van der Waals surface area (Å²) in [5.74, 6) is 0.491. The molecule has 2 rings (SSSR count). The van der Waals surface area contributed by atoms with Crippen LogP contribution in [0.5, 0.6) is 0 Å². The topological polar surface area (TPSA) is 43.1 Å². The Morgan fingerprint density at radius 3 is 2.83 bits per heavy atom. The molecule has 1 saturated carbocycles. The Kier molecular flexibility index (Phi) is 1.98. The SMILES string of the molecule is NC1CC(C(=O)c2cccs2)C1. The molecular formula is C9H11NOS. The highest BCUT2D eigenvalue weighted by Gasteiger charge is 2.32. The quantitative estimate of drug-likeness (QED) is 0.705. The number of rotatable bonds is 2. The molecule has 0 aromatic carbocycles. The molecule has 1 aromatic rings. The maximum Gasteiger partial charge on any atom is 0.175 e. The van der Waals surface area contributed by atoms with Crippen molar-refractivity contribution >= 4 is 17.1 Å². The standard InChI is InChI=1S/C9H11NOS/c10-7-4-6(5-7)9(11)8-2-1-3-12-8/h1-3,6-7H,4-5,10H2. The van der Waals surface area contributed by atoms with Crippen molar-refractivity contribution < 1.29 is 4.79 Å². The molecule has 1 aromatic heterocycles. The van der Waals surface area contributed by atoms with Crippen molar-refractivity contribution in [2.24, 2.45) is 11.7 Å². The molecule has 0 amide bonds. The maximum absolute atomic E-state index is 11.6. The minimum Gasteiger partial charge on any atom is -0.328 e. The fourth-order valence-corrected chi connectivity index (χ4v) is 2.24. The Morgan fingerprint density at radius 1 is 1.58 bits per heavy atom. The lowest BCUT2D eigenvalue weighted by Gasteiger charge is -2.30. The number of thiophene rings is 1. The molecule has 1 heterocycles. The Labute approximate surface area is 75.4 Å². The monoisotopic (exact) mass is 181 g/mol. The average Bonchev–Trinajstić information content (AvgIpc) is 2.49. The smallest absolute Gasteiger partial charge is 0.175 e. The molecule has 0 atom stereocenters. The van der Waals surface area contributed by atoms with Crippen molar-refractivity contribution in [1.82, 2.24) is 0 Å². The van der Waals surface area contributed by atoms with Gasteiger partial charge in [0, 0.05) is 12.0 Å². The second-order valence-electron chi connectivity index (χ2n) is 3.27. The Morgan fingerprint density at radius 2 is 2.33 bits per heavy atom. The molecule has 0 unspecified atom stereocenters. The molecule has 64 valence electrons. The van der Waals surface area contributed by atoms with E-state index >= 15 is 0 Å². The lowest BCUT2D eigenvalue weighted by Crippen LogP contribution is -2.40. The van der Waals surface area contributed by atoms with Crippen LogP contribution in [-0.2, 0) is 0 Å². The summed E-state index contributed by atoms with van der Waals surface area (Å²) in [6, 6.07) is 4.06. The van der Waals surface area contributed by atoms with Gasteiger partial charge in [0.25, 0.3) is 0 Å². The predicted molar refractivity (Wildman–Crippen MR) is 49.3 cm³/mol. The first-order valence-electron chi connectivity index (χ1n) is 4.10. The molecule has 1 aliphatic carbocycles. The van der Waals surface area contributed by atoms with Gasteiger partial charge in [0.1, 0.15) is 0 Å². The predicted octanol–water partition coefficient (Wildman–Crippen LogP) is 1.67. The lowest BCUT2D eigenvalue weighted by molar-refractivity contribution is 0.0837. The first-order chi connectivity index (χ1) is 5.77. The van der Waals surface area contributed by atoms with Gasteiger partial charge in [-0.05, 0) is 24.3 Å². The molecule has 12 heavy (non-hydrogen) atoms. The number of Topliss-reactive ketones (excluding diaryl/α,β-unsaturated/α-hetero) is 1. The second kappa shape index (κ2) is 2.99. The first kappa shape index (κ1) is 7.95. The van der Waals surface area contributed by atoms with Crippen LogP contribution in [0.4, 0.5) is 0 Å². The van der Waals surface area contributed by atoms with Gasteiger partial charge in [0.15, 0.2) is 5.78 Å². The highest BCUT2D eigenvalue weighted by atomic mass is 32.1. The van der Waals surface area contributed by atoms with Crippen molar-refractivity contribution in [2.75, 3.05) is 0 Å². The molecule has 1 aliphatic rings. The zero-order chi connectivity index (χ0) is 8.55. The summed E-state index contributed by atoms with van der Waals surface area (Å²) in [7, 11) is 0. The molecule has 0 saturated heterocycles. The Balaban J connectivity index is 2.03. The average molecular weight is 181 g/mol. The largest absolute Gasteiger partial charge is 0.328 e. The van der Waals surface area contributed by atoms with E-state index in [0.717, 1.165) is 17.7 Å². The van der Waals surface area contributed by atoms with Crippen LogP contribution < -0.4 is 5.73 Å². The highest BCUT2D eigenvalue weighted by Crippen LogP contribution is 2.30. The molecule has 3 heteroatoms. The van der Waals surface area contributed by atoms with E-state index in [-0.39, 0.29) is 17.7 Å². The summed E-state index contributed by atoms with van der Waals surface area (Å²) in [6.45, 7) is 0. The fraction of sp³-hybridized carbons (Fsp3) is 0.444. The van der Waals surface area contributed by atoms with Gasteiger partial charge in [-0.2, -0.15) is 0 Å². The van der Waals surface area contributed by atoms with E-state index in [2.05, 4.69) is 0 Å². The maximum atomic E-state index is 11.6. The molecule has 0 bridgehead atoms. The van der Waals surface area contributed by atoms with E-state index in [1.54, 1.807) is 0 Å². The third-order valence-corrected chi connectivity index (χ3v) is 3.19. The molecule has 0 spiro atoms. The summed E-state index contributed by atoms with van der Waals surface area (Å²) in [6.07, 6.45) is 1.74. The normalized spacial score (nSPS) is 28.1. The van der Waals surface area contributed by atoms with Crippen LogP contribution in [0.15, 0.2) is 17.5 Å². The lowest BCUT2D eigenvalue weighted by atomic mass is 9.78.